The molecule has 0 aromatic heterocycles. The Balaban J connectivity index is 1.78. The molecule has 1 unspecified atom stereocenters. The summed E-state index contributed by atoms with van der Waals surface area (Å²) in [6.07, 6.45) is 0.00882. The number of carbonyl (C=O) groups is 1. The zero-order valence-electron chi connectivity index (χ0n) is 17.2. The molecule has 0 aliphatic rings. The van der Waals surface area contributed by atoms with Crippen LogP contribution in [-0.2, 0) is 27.8 Å². The van der Waals surface area contributed by atoms with Gasteiger partial charge in [0.1, 0.15) is 22.5 Å². The van der Waals surface area contributed by atoms with Crippen molar-refractivity contribution in [3.05, 3.63) is 95.8 Å². The smallest absolute Gasteiger partial charge is 0.387 e. The summed E-state index contributed by atoms with van der Waals surface area (Å²) in [6.45, 7) is -3.05. The molecule has 3 aromatic carbocycles. The Morgan fingerprint density at radius 1 is 0.909 bits per heavy atom. The topological polar surface area (TPSA) is 84.5 Å². The number of sulfonamides is 1. The number of carbonyl (C=O) groups excluding carboxylic acids is 1. The molecule has 0 saturated heterocycles. The standard InChI is InChI=1S/C23H21F3N2O4S/c24-19-11-4-5-12-21(19)33(30,31)28-20(14-16-7-2-1-3-8-16)22(29)27-15-17-9-6-10-18(13-17)32-23(25)26/h1-13,20,23,28H,14-15H2,(H,27,29). The molecule has 0 heterocycles. The van der Waals surface area contributed by atoms with Crippen LogP contribution in [0.5, 0.6) is 5.75 Å². The van der Waals surface area contributed by atoms with Gasteiger partial charge >= 0.3 is 6.61 Å². The highest BCUT2D eigenvalue weighted by Gasteiger charge is 2.27. The normalized spacial score (nSPS) is 12.4. The molecule has 0 fully saturated rings. The van der Waals surface area contributed by atoms with E-state index in [0.717, 1.165) is 12.1 Å². The minimum Gasteiger partial charge on any atom is -0.435 e. The molecule has 1 amide bonds. The summed E-state index contributed by atoms with van der Waals surface area (Å²) < 4.78 is 71.1. The average molecular weight is 478 g/mol. The summed E-state index contributed by atoms with van der Waals surface area (Å²) in [5, 5.41) is 2.59. The van der Waals surface area contributed by atoms with Crippen LogP contribution in [0, 0.1) is 5.82 Å². The van der Waals surface area contributed by atoms with Crippen molar-refractivity contribution in [3.8, 4) is 5.75 Å². The molecule has 3 aromatic rings. The fourth-order valence-corrected chi connectivity index (χ4v) is 4.37. The van der Waals surface area contributed by atoms with E-state index in [1.165, 1.54) is 30.3 Å². The Kier molecular flexibility index (Phi) is 8.07. The first-order valence-corrected chi connectivity index (χ1v) is 11.3. The molecule has 0 spiro atoms. The molecule has 0 saturated carbocycles. The van der Waals surface area contributed by atoms with Crippen LogP contribution in [0.2, 0.25) is 0 Å². The van der Waals surface area contributed by atoms with E-state index in [1.54, 1.807) is 36.4 Å². The lowest BCUT2D eigenvalue weighted by atomic mass is 10.1. The van der Waals surface area contributed by atoms with E-state index in [2.05, 4.69) is 14.8 Å². The Labute approximate surface area is 189 Å². The van der Waals surface area contributed by atoms with Crippen LogP contribution < -0.4 is 14.8 Å². The van der Waals surface area contributed by atoms with Gasteiger partial charge in [-0.1, -0.05) is 54.6 Å². The van der Waals surface area contributed by atoms with E-state index in [-0.39, 0.29) is 18.7 Å². The first kappa shape index (κ1) is 24.3. The van der Waals surface area contributed by atoms with Gasteiger partial charge in [0, 0.05) is 6.54 Å². The van der Waals surface area contributed by atoms with Gasteiger partial charge in [-0.25, -0.2) is 12.8 Å². The fraction of sp³-hybridized carbons (Fsp3) is 0.174. The van der Waals surface area contributed by atoms with Crippen LogP contribution in [0.1, 0.15) is 11.1 Å². The third-order valence-electron chi connectivity index (χ3n) is 4.61. The Morgan fingerprint density at radius 3 is 2.27 bits per heavy atom. The highest BCUT2D eigenvalue weighted by Crippen LogP contribution is 2.17. The number of rotatable bonds is 10. The van der Waals surface area contributed by atoms with Crippen LogP contribution in [-0.4, -0.2) is 27.0 Å². The predicted octanol–water partition coefficient (Wildman–Crippen LogP) is 3.63. The summed E-state index contributed by atoms with van der Waals surface area (Å²) >= 11 is 0. The lowest BCUT2D eigenvalue weighted by Gasteiger charge is -2.19. The monoisotopic (exact) mass is 478 g/mol. The lowest BCUT2D eigenvalue weighted by Crippen LogP contribution is -2.47. The van der Waals surface area contributed by atoms with Crippen molar-refractivity contribution in [1.82, 2.24) is 10.0 Å². The summed E-state index contributed by atoms with van der Waals surface area (Å²) in [4.78, 5) is 12.3. The molecule has 10 heteroatoms. The van der Waals surface area contributed by atoms with Crippen molar-refractivity contribution >= 4 is 15.9 Å². The minimum atomic E-state index is -4.35. The zero-order chi connectivity index (χ0) is 23.8. The second kappa shape index (κ2) is 11.0. The predicted molar refractivity (Wildman–Crippen MR) is 116 cm³/mol. The molecular weight excluding hydrogens is 457 g/mol. The van der Waals surface area contributed by atoms with Gasteiger partial charge in [-0.05, 0) is 41.8 Å². The third kappa shape index (κ3) is 7.06. The number of hydrogen-bond donors (Lipinski definition) is 2. The number of hydrogen-bond acceptors (Lipinski definition) is 4. The zero-order valence-corrected chi connectivity index (χ0v) is 18.1. The van der Waals surface area contributed by atoms with Gasteiger partial charge in [0.2, 0.25) is 15.9 Å². The largest absolute Gasteiger partial charge is 0.435 e. The lowest BCUT2D eigenvalue weighted by molar-refractivity contribution is -0.122. The minimum absolute atomic E-state index is 0.00882. The van der Waals surface area contributed by atoms with Crippen LogP contribution in [0.15, 0.2) is 83.8 Å². The highest BCUT2D eigenvalue weighted by atomic mass is 32.2. The molecule has 0 bridgehead atoms. The molecule has 1 atom stereocenters. The summed E-state index contributed by atoms with van der Waals surface area (Å²) in [7, 11) is -4.35. The van der Waals surface area contributed by atoms with Crippen molar-refractivity contribution in [2.45, 2.75) is 30.5 Å². The van der Waals surface area contributed by atoms with E-state index >= 15 is 0 Å². The summed E-state index contributed by atoms with van der Waals surface area (Å²) in [5.74, 6) is -1.68. The number of amides is 1. The molecule has 3 rings (SSSR count). The van der Waals surface area contributed by atoms with Crippen LogP contribution >= 0.6 is 0 Å². The molecule has 6 nitrogen and oxygen atoms in total. The maximum Gasteiger partial charge on any atom is 0.387 e. The molecule has 0 aliphatic heterocycles. The van der Waals surface area contributed by atoms with Gasteiger partial charge < -0.3 is 10.1 Å². The fourth-order valence-electron chi connectivity index (χ4n) is 3.10. The first-order valence-electron chi connectivity index (χ1n) is 9.87. The van der Waals surface area contributed by atoms with E-state index < -0.39 is 39.3 Å². The van der Waals surface area contributed by atoms with Gasteiger partial charge in [0.05, 0.1) is 0 Å². The molecule has 174 valence electrons. The Morgan fingerprint density at radius 2 is 1.58 bits per heavy atom. The van der Waals surface area contributed by atoms with Crippen molar-refractivity contribution in [3.63, 3.8) is 0 Å². The van der Waals surface area contributed by atoms with Crippen molar-refractivity contribution < 1.29 is 31.1 Å². The van der Waals surface area contributed by atoms with Crippen LogP contribution in [0.3, 0.4) is 0 Å². The first-order chi connectivity index (χ1) is 15.7. The van der Waals surface area contributed by atoms with Gasteiger partial charge in [0.25, 0.3) is 0 Å². The SMILES string of the molecule is O=C(NCc1cccc(OC(F)F)c1)C(Cc1ccccc1)NS(=O)(=O)c1ccccc1F. The van der Waals surface area contributed by atoms with E-state index in [4.69, 9.17) is 0 Å². The Bertz CT molecular complexity index is 1190. The van der Waals surface area contributed by atoms with Gasteiger partial charge in [-0.2, -0.15) is 13.5 Å². The van der Waals surface area contributed by atoms with Crippen molar-refractivity contribution in [2.75, 3.05) is 0 Å². The van der Waals surface area contributed by atoms with E-state index in [9.17, 15) is 26.4 Å². The Hall–Kier alpha value is -3.37. The quantitative estimate of drug-likeness (QED) is 0.466. The summed E-state index contributed by atoms with van der Waals surface area (Å²) in [6, 6.07) is 18.1. The maximum absolute atomic E-state index is 14.1. The van der Waals surface area contributed by atoms with Crippen molar-refractivity contribution in [2.24, 2.45) is 0 Å². The molecular formula is C23H21F3N2O4S. The molecule has 33 heavy (non-hydrogen) atoms. The number of ether oxygens (including phenoxy) is 1. The van der Waals surface area contributed by atoms with E-state index in [1.807, 2.05) is 0 Å². The van der Waals surface area contributed by atoms with Crippen LogP contribution in [0.4, 0.5) is 13.2 Å². The summed E-state index contributed by atoms with van der Waals surface area (Å²) in [5.41, 5.74) is 1.15. The van der Waals surface area contributed by atoms with Crippen LogP contribution in [0.25, 0.3) is 0 Å². The number of nitrogens with one attached hydrogen (secondary N) is 2. The second-order valence-electron chi connectivity index (χ2n) is 7.04. The molecule has 2 N–H and O–H groups in total. The molecule has 0 aliphatic carbocycles. The van der Waals surface area contributed by atoms with E-state index in [0.29, 0.717) is 11.1 Å². The second-order valence-corrected chi connectivity index (χ2v) is 8.72. The van der Waals surface area contributed by atoms with Gasteiger partial charge in [0.15, 0.2) is 0 Å². The number of alkyl halides is 2. The van der Waals surface area contributed by atoms with Crippen molar-refractivity contribution in [1.29, 1.82) is 0 Å². The number of benzene rings is 3. The number of halogens is 3. The highest BCUT2D eigenvalue weighted by molar-refractivity contribution is 7.89. The maximum atomic E-state index is 14.1. The van der Waals surface area contributed by atoms with Gasteiger partial charge in [-0.3, -0.25) is 4.79 Å². The molecule has 0 radical (unpaired) electrons. The third-order valence-corrected chi connectivity index (χ3v) is 6.12. The average Bonchev–Trinajstić information content (AvgIpc) is 2.77. The van der Waals surface area contributed by atoms with Gasteiger partial charge in [-0.15, -0.1) is 0 Å².